The highest BCUT2D eigenvalue weighted by Gasteiger charge is 2.12. The van der Waals surface area contributed by atoms with Crippen molar-refractivity contribution >= 4 is 0 Å². The minimum absolute atomic E-state index is 0.0144. The summed E-state index contributed by atoms with van der Waals surface area (Å²) in [6.45, 7) is 0.241. The summed E-state index contributed by atoms with van der Waals surface area (Å²) in [6.07, 6.45) is 5.12. The van der Waals surface area contributed by atoms with Crippen molar-refractivity contribution in [3.8, 4) is 6.19 Å². The molecule has 2 rings (SSSR count). The van der Waals surface area contributed by atoms with Crippen LogP contribution in [-0.4, -0.2) is 9.88 Å². The molecule has 2 aromatic rings. The molecule has 20 heavy (non-hydrogen) atoms. The Hall–Kier alpha value is -2.55. The molecule has 0 atom stereocenters. The van der Waals surface area contributed by atoms with E-state index in [1.54, 1.807) is 24.5 Å². The van der Waals surface area contributed by atoms with Crippen LogP contribution < -0.4 is 0 Å². The summed E-state index contributed by atoms with van der Waals surface area (Å²) >= 11 is 0. The van der Waals surface area contributed by atoms with Crippen LogP contribution >= 0.6 is 0 Å². The topological polar surface area (TPSA) is 39.9 Å². The van der Waals surface area contributed by atoms with Gasteiger partial charge in [0, 0.05) is 12.4 Å². The van der Waals surface area contributed by atoms with E-state index in [0.717, 1.165) is 17.7 Å². The summed E-state index contributed by atoms with van der Waals surface area (Å²) in [5.74, 6) is -4.04. The number of pyridine rings is 1. The summed E-state index contributed by atoms with van der Waals surface area (Å²) in [4.78, 5) is 5.21. The van der Waals surface area contributed by atoms with Gasteiger partial charge in [-0.2, -0.15) is 5.26 Å². The van der Waals surface area contributed by atoms with Gasteiger partial charge < -0.3 is 4.90 Å². The first-order valence-corrected chi connectivity index (χ1v) is 5.77. The van der Waals surface area contributed by atoms with Crippen LogP contribution in [0.15, 0.2) is 36.7 Å². The van der Waals surface area contributed by atoms with E-state index in [2.05, 4.69) is 4.98 Å². The first kappa shape index (κ1) is 13.9. The van der Waals surface area contributed by atoms with Gasteiger partial charge in [0.15, 0.2) is 23.6 Å². The number of halogens is 3. The van der Waals surface area contributed by atoms with Crippen LogP contribution in [0.5, 0.6) is 0 Å². The molecule has 102 valence electrons. The second kappa shape index (κ2) is 6.06. The third kappa shape index (κ3) is 3.26. The SMILES string of the molecule is N#CN(Cc1cccnc1)Cc1cc(F)c(F)c(F)c1. The zero-order chi connectivity index (χ0) is 14.5. The second-order valence-corrected chi connectivity index (χ2v) is 4.19. The Morgan fingerprint density at radius 1 is 1.10 bits per heavy atom. The second-order valence-electron chi connectivity index (χ2n) is 4.19. The lowest BCUT2D eigenvalue weighted by Gasteiger charge is -2.15. The molecule has 0 aliphatic heterocycles. The number of nitriles is 1. The Labute approximate surface area is 113 Å². The highest BCUT2D eigenvalue weighted by molar-refractivity contribution is 5.20. The maximum Gasteiger partial charge on any atom is 0.194 e. The number of aromatic nitrogens is 1. The fraction of sp³-hybridized carbons (Fsp3) is 0.143. The van der Waals surface area contributed by atoms with Gasteiger partial charge in [0.2, 0.25) is 0 Å². The third-order valence-corrected chi connectivity index (χ3v) is 2.65. The molecular formula is C14H10F3N3. The van der Waals surface area contributed by atoms with Crippen LogP contribution in [-0.2, 0) is 13.1 Å². The van der Waals surface area contributed by atoms with E-state index in [1.165, 1.54) is 4.90 Å². The highest BCUT2D eigenvalue weighted by Crippen LogP contribution is 2.16. The minimum Gasteiger partial charge on any atom is -0.302 e. The molecule has 1 aromatic heterocycles. The van der Waals surface area contributed by atoms with Gasteiger partial charge in [0.1, 0.15) is 0 Å². The number of hydrogen-bond donors (Lipinski definition) is 0. The Morgan fingerprint density at radius 2 is 1.75 bits per heavy atom. The normalized spacial score (nSPS) is 10.1. The lowest BCUT2D eigenvalue weighted by atomic mass is 10.2. The summed E-state index contributed by atoms with van der Waals surface area (Å²) in [7, 11) is 0. The van der Waals surface area contributed by atoms with Gasteiger partial charge >= 0.3 is 0 Å². The van der Waals surface area contributed by atoms with Crippen LogP contribution in [0.1, 0.15) is 11.1 Å². The molecule has 0 saturated carbocycles. The summed E-state index contributed by atoms with van der Waals surface area (Å²) < 4.78 is 39.0. The minimum atomic E-state index is -1.51. The molecule has 0 aliphatic carbocycles. The molecule has 6 heteroatoms. The number of rotatable bonds is 4. The monoisotopic (exact) mass is 277 g/mol. The fourth-order valence-corrected chi connectivity index (χ4v) is 1.76. The van der Waals surface area contributed by atoms with E-state index in [1.807, 2.05) is 6.19 Å². The van der Waals surface area contributed by atoms with E-state index >= 15 is 0 Å². The number of benzene rings is 1. The van der Waals surface area contributed by atoms with Crippen molar-refractivity contribution in [1.82, 2.24) is 9.88 Å². The molecule has 0 radical (unpaired) electrons. The maximum atomic E-state index is 13.1. The van der Waals surface area contributed by atoms with Gasteiger partial charge in [-0.15, -0.1) is 0 Å². The van der Waals surface area contributed by atoms with Gasteiger partial charge in [-0.25, -0.2) is 13.2 Å². The Balaban J connectivity index is 2.13. The lowest BCUT2D eigenvalue weighted by molar-refractivity contribution is 0.373. The predicted octanol–water partition coefficient (Wildman–Crippen LogP) is 2.98. The van der Waals surface area contributed by atoms with Crippen LogP contribution in [0.25, 0.3) is 0 Å². The van der Waals surface area contributed by atoms with Crippen LogP contribution in [0.4, 0.5) is 13.2 Å². The van der Waals surface area contributed by atoms with E-state index in [-0.39, 0.29) is 18.7 Å². The zero-order valence-corrected chi connectivity index (χ0v) is 10.4. The largest absolute Gasteiger partial charge is 0.302 e. The average Bonchev–Trinajstić information content (AvgIpc) is 2.45. The smallest absolute Gasteiger partial charge is 0.194 e. The Morgan fingerprint density at radius 3 is 2.30 bits per heavy atom. The van der Waals surface area contributed by atoms with Crippen LogP contribution in [0, 0.1) is 28.9 Å². The van der Waals surface area contributed by atoms with Gasteiger partial charge in [-0.3, -0.25) is 4.98 Å². The molecule has 1 heterocycles. The van der Waals surface area contributed by atoms with Crippen molar-refractivity contribution < 1.29 is 13.2 Å². The maximum absolute atomic E-state index is 13.1. The summed E-state index contributed by atoms with van der Waals surface area (Å²) in [6, 6.07) is 5.27. The van der Waals surface area contributed by atoms with Crippen molar-refractivity contribution in [2.45, 2.75) is 13.1 Å². The predicted molar refractivity (Wildman–Crippen MR) is 65.4 cm³/mol. The zero-order valence-electron chi connectivity index (χ0n) is 10.4. The van der Waals surface area contributed by atoms with Gasteiger partial charge in [0.25, 0.3) is 0 Å². The Kier molecular flexibility index (Phi) is 4.20. The molecule has 0 aliphatic rings. The van der Waals surface area contributed by atoms with Crippen molar-refractivity contribution in [1.29, 1.82) is 5.26 Å². The van der Waals surface area contributed by atoms with Gasteiger partial charge in [-0.1, -0.05) is 6.07 Å². The van der Waals surface area contributed by atoms with Gasteiger partial charge in [0.05, 0.1) is 13.1 Å². The highest BCUT2D eigenvalue weighted by atomic mass is 19.2. The molecule has 0 bridgehead atoms. The molecular weight excluding hydrogens is 267 g/mol. The number of hydrogen-bond acceptors (Lipinski definition) is 3. The number of nitrogens with zero attached hydrogens (tertiary/aromatic N) is 3. The fourth-order valence-electron chi connectivity index (χ4n) is 1.76. The van der Waals surface area contributed by atoms with E-state index in [0.29, 0.717) is 0 Å². The molecule has 0 spiro atoms. The van der Waals surface area contributed by atoms with Crippen LogP contribution in [0.3, 0.4) is 0 Å². The molecule has 3 nitrogen and oxygen atoms in total. The molecule has 0 saturated heterocycles. The van der Waals surface area contributed by atoms with Crippen molar-refractivity contribution in [2.24, 2.45) is 0 Å². The third-order valence-electron chi connectivity index (χ3n) is 2.65. The van der Waals surface area contributed by atoms with Crippen molar-refractivity contribution in [2.75, 3.05) is 0 Å². The summed E-state index contributed by atoms with van der Waals surface area (Å²) in [5, 5.41) is 9.04. The van der Waals surface area contributed by atoms with E-state index < -0.39 is 17.5 Å². The molecule has 0 N–H and O–H groups in total. The Bertz CT molecular complexity index is 615. The van der Waals surface area contributed by atoms with E-state index in [4.69, 9.17) is 5.26 Å². The van der Waals surface area contributed by atoms with E-state index in [9.17, 15) is 13.2 Å². The quantitative estimate of drug-likeness (QED) is 0.490. The van der Waals surface area contributed by atoms with Crippen LogP contribution in [0.2, 0.25) is 0 Å². The van der Waals surface area contributed by atoms with Crippen molar-refractivity contribution in [3.05, 3.63) is 65.2 Å². The first-order valence-electron chi connectivity index (χ1n) is 5.77. The lowest BCUT2D eigenvalue weighted by Crippen LogP contribution is -2.17. The summed E-state index contributed by atoms with van der Waals surface area (Å²) in [5.41, 5.74) is 0.976. The average molecular weight is 277 g/mol. The first-order chi connectivity index (χ1) is 9.60. The molecule has 1 aromatic carbocycles. The standard InChI is InChI=1S/C14H10F3N3/c15-12-4-11(5-13(16)14(12)17)8-20(9-18)7-10-2-1-3-19-6-10/h1-6H,7-8H2. The molecule has 0 unspecified atom stereocenters. The van der Waals surface area contributed by atoms with Gasteiger partial charge in [-0.05, 0) is 29.3 Å². The molecule has 0 amide bonds. The van der Waals surface area contributed by atoms with Crippen molar-refractivity contribution in [3.63, 3.8) is 0 Å². The molecule has 0 fully saturated rings.